The first-order chi connectivity index (χ1) is 10.1. The predicted octanol–water partition coefficient (Wildman–Crippen LogP) is 1.85. The molecule has 3 atom stereocenters. The second-order valence-electron chi connectivity index (χ2n) is 6.40. The maximum absolute atomic E-state index is 12.4. The highest BCUT2D eigenvalue weighted by atomic mass is 16.5. The second kappa shape index (κ2) is 5.68. The van der Waals surface area contributed by atoms with Gasteiger partial charge in [0.05, 0.1) is 0 Å². The van der Waals surface area contributed by atoms with E-state index < -0.39 is 0 Å². The first-order valence-electron chi connectivity index (χ1n) is 7.85. The molecule has 3 rings (SSSR count). The molecule has 2 aliphatic rings. The van der Waals surface area contributed by atoms with Gasteiger partial charge in [-0.25, -0.2) is 0 Å². The van der Waals surface area contributed by atoms with Crippen molar-refractivity contribution >= 4 is 5.91 Å². The zero-order valence-electron chi connectivity index (χ0n) is 12.8. The molecule has 0 spiro atoms. The number of nitrogens with one attached hydrogen (secondary N) is 1. The monoisotopic (exact) mass is 288 g/mol. The molecule has 1 saturated carbocycles. The van der Waals surface area contributed by atoms with Gasteiger partial charge in [0.25, 0.3) is 5.91 Å². The highest BCUT2D eigenvalue weighted by Crippen LogP contribution is 2.32. The summed E-state index contributed by atoms with van der Waals surface area (Å²) in [4.78, 5) is 12.4. The van der Waals surface area contributed by atoms with E-state index in [2.05, 4.69) is 25.2 Å². The average Bonchev–Trinajstić information content (AvgIpc) is 3.05. The van der Waals surface area contributed by atoms with Crippen LogP contribution in [-0.4, -0.2) is 24.6 Å². The lowest BCUT2D eigenvalue weighted by atomic mass is 10.0. The number of benzene rings is 1. The third-order valence-electron chi connectivity index (χ3n) is 4.93. The zero-order valence-corrected chi connectivity index (χ0v) is 12.8. The predicted molar refractivity (Wildman–Crippen MR) is 82.4 cm³/mol. The second-order valence-corrected chi connectivity index (χ2v) is 6.40. The number of hydrogen-bond donors (Lipinski definition) is 2. The van der Waals surface area contributed by atoms with E-state index >= 15 is 0 Å². The van der Waals surface area contributed by atoms with Crippen LogP contribution < -0.4 is 15.8 Å². The SMILES string of the molecule is Cc1cc2c(cc1C)O[C@H](C(=O)N[C@H]1CCC[C@@H]1CN)C2. The molecule has 0 unspecified atom stereocenters. The van der Waals surface area contributed by atoms with E-state index in [0.29, 0.717) is 18.9 Å². The number of nitrogens with two attached hydrogens (primary N) is 1. The lowest BCUT2D eigenvalue weighted by Gasteiger charge is -2.21. The maximum atomic E-state index is 12.4. The fourth-order valence-corrected chi connectivity index (χ4v) is 3.44. The number of hydrogen-bond acceptors (Lipinski definition) is 3. The Morgan fingerprint density at radius 3 is 2.86 bits per heavy atom. The van der Waals surface area contributed by atoms with Crippen LogP contribution in [-0.2, 0) is 11.2 Å². The molecule has 21 heavy (non-hydrogen) atoms. The van der Waals surface area contributed by atoms with E-state index in [1.807, 2.05) is 6.07 Å². The van der Waals surface area contributed by atoms with Crippen LogP contribution in [0.2, 0.25) is 0 Å². The minimum atomic E-state index is -0.389. The summed E-state index contributed by atoms with van der Waals surface area (Å²) in [6, 6.07) is 4.39. The Kier molecular flexibility index (Phi) is 3.89. The Morgan fingerprint density at radius 2 is 2.10 bits per heavy atom. The molecule has 1 aliphatic carbocycles. The third-order valence-corrected chi connectivity index (χ3v) is 4.93. The third kappa shape index (κ3) is 2.77. The number of carbonyl (C=O) groups is 1. The summed E-state index contributed by atoms with van der Waals surface area (Å²) in [5.74, 6) is 1.29. The summed E-state index contributed by atoms with van der Waals surface area (Å²) < 4.78 is 5.84. The summed E-state index contributed by atoms with van der Waals surface area (Å²) in [6.07, 6.45) is 3.58. The molecule has 1 fully saturated rings. The largest absolute Gasteiger partial charge is 0.480 e. The van der Waals surface area contributed by atoms with Gasteiger partial charge in [-0.3, -0.25) is 4.79 Å². The lowest BCUT2D eigenvalue weighted by molar-refractivity contribution is -0.128. The van der Waals surface area contributed by atoms with Crippen molar-refractivity contribution in [2.75, 3.05) is 6.54 Å². The van der Waals surface area contributed by atoms with E-state index in [4.69, 9.17) is 10.5 Å². The van der Waals surface area contributed by atoms with Gasteiger partial charge in [0.1, 0.15) is 5.75 Å². The van der Waals surface area contributed by atoms with E-state index in [1.54, 1.807) is 0 Å². The van der Waals surface area contributed by atoms with Crippen LogP contribution in [0.4, 0.5) is 0 Å². The summed E-state index contributed by atoms with van der Waals surface area (Å²) in [6.45, 7) is 4.80. The van der Waals surface area contributed by atoms with Crippen molar-refractivity contribution in [1.82, 2.24) is 5.32 Å². The Morgan fingerprint density at radius 1 is 1.33 bits per heavy atom. The quantitative estimate of drug-likeness (QED) is 0.892. The molecule has 0 aromatic heterocycles. The van der Waals surface area contributed by atoms with Gasteiger partial charge >= 0.3 is 0 Å². The standard InChI is InChI=1S/C17H24N2O2/c1-10-6-13-8-16(21-15(13)7-11(10)2)17(20)19-14-5-3-4-12(14)9-18/h6-7,12,14,16H,3-5,8-9,18H2,1-2H3,(H,19,20)/t12-,14+,16+/m1/s1. The van der Waals surface area contributed by atoms with E-state index in [-0.39, 0.29) is 18.1 Å². The molecule has 1 amide bonds. The molecule has 1 aromatic carbocycles. The van der Waals surface area contributed by atoms with Crippen LogP contribution in [0.15, 0.2) is 12.1 Å². The van der Waals surface area contributed by atoms with E-state index in [1.165, 1.54) is 11.1 Å². The fraction of sp³-hybridized carbons (Fsp3) is 0.588. The van der Waals surface area contributed by atoms with Crippen molar-refractivity contribution in [3.8, 4) is 5.75 Å². The van der Waals surface area contributed by atoms with Gasteiger partial charge in [0, 0.05) is 12.5 Å². The lowest BCUT2D eigenvalue weighted by Crippen LogP contribution is -2.46. The number of aryl methyl sites for hydroxylation is 2. The Balaban J connectivity index is 1.65. The van der Waals surface area contributed by atoms with Crippen molar-refractivity contribution < 1.29 is 9.53 Å². The number of fused-ring (bicyclic) bond motifs is 1. The van der Waals surface area contributed by atoms with Gasteiger partial charge < -0.3 is 15.8 Å². The van der Waals surface area contributed by atoms with E-state index in [9.17, 15) is 4.79 Å². The molecule has 4 nitrogen and oxygen atoms in total. The first-order valence-corrected chi connectivity index (χ1v) is 7.85. The minimum absolute atomic E-state index is 0.00635. The topological polar surface area (TPSA) is 64.3 Å². The van der Waals surface area contributed by atoms with Gasteiger partial charge in [-0.1, -0.05) is 12.5 Å². The first kappa shape index (κ1) is 14.4. The minimum Gasteiger partial charge on any atom is -0.480 e. The molecule has 3 N–H and O–H groups in total. The zero-order chi connectivity index (χ0) is 15.0. The van der Waals surface area contributed by atoms with Crippen LogP contribution in [0.25, 0.3) is 0 Å². The number of carbonyl (C=O) groups excluding carboxylic acids is 1. The van der Waals surface area contributed by atoms with Gasteiger partial charge in [-0.15, -0.1) is 0 Å². The van der Waals surface area contributed by atoms with Crippen LogP contribution in [0, 0.1) is 19.8 Å². The average molecular weight is 288 g/mol. The molecule has 4 heteroatoms. The maximum Gasteiger partial charge on any atom is 0.261 e. The molecule has 0 saturated heterocycles. The van der Waals surface area contributed by atoms with Crippen LogP contribution in [0.5, 0.6) is 5.75 Å². The van der Waals surface area contributed by atoms with Crippen LogP contribution >= 0.6 is 0 Å². The molecular weight excluding hydrogens is 264 g/mol. The molecule has 0 radical (unpaired) electrons. The van der Waals surface area contributed by atoms with Crippen molar-refractivity contribution in [2.24, 2.45) is 11.7 Å². The Labute approximate surface area is 126 Å². The number of rotatable bonds is 3. The molecular formula is C17H24N2O2. The molecule has 1 aromatic rings. The van der Waals surface area contributed by atoms with Gasteiger partial charge in [0.15, 0.2) is 6.10 Å². The Hall–Kier alpha value is -1.55. The van der Waals surface area contributed by atoms with Crippen molar-refractivity contribution in [3.05, 3.63) is 28.8 Å². The normalized spacial score (nSPS) is 27.3. The molecule has 114 valence electrons. The molecule has 1 heterocycles. The van der Waals surface area contributed by atoms with Crippen LogP contribution in [0.3, 0.4) is 0 Å². The molecule has 1 aliphatic heterocycles. The summed E-state index contributed by atoms with van der Waals surface area (Å²) in [7, 11) is 0. The smallest absolute Gasteiger partial charge is 0.261 e. The summed E-state index contributed by atoms with van der Waals surface area (Å²) >= 11 is 0. The van der Waals surface area contributed by atoms with Gasteiger partial charge in [-0.05, 0) is 61.9 Å². The molecule has 0 bridgehead atoms. The summed E-state index contributed by atoms with van der Waals surface area (Å²) in [5, 5.41) is 3.14. The van der Waals surface area contributed by atoms with Crippen molar-refractivity contribution in [3.63, 3.8) is 0 Å². The number of amides is 1. The Bertz CT molecular complexity index is 525. The highest BCUT2D eigenvalue weighted by molar-refractivity contribution is 5.83. The fourth-order valence-electron chi connectivity index (χ4n) is 3.44. The van der Waals surface area contributed by atoms with E-state index in [0.717, 1.165) is 30.6 Å². The highest BCUT2D eigenvalue weighted by Gasteiger charge is 2.33. The van der Waals surface area contributed by atoms with Crippen LogP contribution in [0.1, 0.15) is 36.0 Å². The van der Waals surface area contributed by atoms with Crippen molar-refractivity contribution in [1.29, 1.82) is 0 Å². The number of ether oxygens (including phenoxy) is 1. The van der Waals surface area contributed by atoms with Gasteiger partial charge in [-0.2, -0.15) is 0 Å². The van der Waals surface area contributed by atoms with Crippen molar-refractivity contribution in [2.45, 2.75) is 51.7 Å². The van der Waals surface area contributed by atoms with Gasteiger partial charge in [0.2, 0.25) is 0 Å². The summed E-state index contributed by atoms with van der Waals surface area (Å²) in [5.41, 5.74) is 9.36.